The van der Waals surface area contributed by atoms with Gasteiger partial charge in [0, 0.05) is 23.1 Å². The molecule has 2 heterocycles. The summed E-state index contributed by atoms with van der Waals surface area (Å²) in [5.74, 6) is -0.214. The standard InChI is InChI=1S/C22H27FN4O/c1-13(2)14(3)24-21(28)18-11-17(15-7-9-16(23)10-8-15)25-20-12-19(22(4,5)6)26-27(18)20/h7-14H,1-6H3,(H,24,28). The molecule has 0 aliphatic rings. The van der Waals surface area contributed by atoms with Crippen LogP contribution >= 0.6 is 0 Å². The van der Waals surface area contributed by atoms with Gasteiger partial charge in [0.25, 0.3) is 5.91 Å². The van der Waals surface area contributed by atoms with E-state index in [0.29, 0.717) is 23.0 Å². The number of hydrogen-bond donors (Lipinski definition) is 1. The summed E-state index contributed by atoms with van der Waals surface area (Å²) >= 11 is 0. The lowest BCUT2D eigenvalue weighted by atomic mass is 9.93. The van der Waals surface area contributed by atoms with Gasteiger partial charge in [0.05, 0.1) is 11.4 Å². The Morgan fingerprint density at radius 2 is 1.75 bits per heavy atom. The van der Waals surface area contributed by atoms with Crippen molar-refractivity contribution in [3.05, 3.63) is 53.6 Å². The third-order valence-electron chi connectivity index (χ3n) is 4.93. The Kier molecular flexibility index (Phi) is 5.24. The van der Waals surface area contributed by atoms with Gasteiger partial charge in [-0.1, -0.05) is 34.6 Å². The molecule has 0 aliphatic heterocycles. The molecule has 1 amide bonds. The van der Waals surface area contributed by atoms with Crippen LogP contribution < -0.4 is 5.32 Å². The molecule has 0 bridgehead atoms. The number of carbonyl (C=O) groups is 1. The molecule has 2 aromatic heterocycles. The minimum absolute atomic E-state index is 0.0163. The third-order valence-corrected chi connectivity index (χ3v) is 4.93. The first-order valence-electron chi connectivity index (χ1n) is 9.54. The van der Waals surface area contributed by atoms with Crippen LogP contribution in [0.3, 0.4) is 0 Å². The van der Waals surface area contributed by atoms with Gasteiger partial charge in [-0.05, 0) is 43.2 Å². The molecular weight excluding hydrogens is 355 g/mol. The topological polar surface area (TPSA) is 59.3 Å². The van der Waals surface area contributed by atoms with E-state index in [9.17, 15) is 9.18 Å². The van der Waals surface area contributed by atoms with Crippen LogP contribution in [0, 0.1) is 11.7 Å². The summed E-state index contributed by atoms with van der Waals surface area (Å²) < 4.78 is 14.9. The predicted octanol–water partition coefficient (Wildman–Crippen LogP) is 4.61. The molecule has 3 aromatic rings. The lowest BCUT2D eigenvalue weighted by molar-refractivity contribution is 0.0922. The quantitative estimate of drug-likeness (QED) is 0.717. The highest BCUT2D eigenvalue weighted by Crippen LogP contribution is 2.25. The SMILES string of the molecule is CC(C)C(C)NC(=O)c1cc(-c2ccc(F)cc2)nc2cc(C(C)(C)C)nn12. The van der Waals surface area contributed by atoms with Gasteiger partial charge in [0.2, 0.25) is 0 Å². The molecule has 1 aromatic carbocycles. The summed E-state index contributed by atoms with van der Waals surface area (Å²) in [4.78, 5) is 17.7. The van der Waals surface area contributed by atoms with Crippen LogP contribution in [-0.4, -0.2) is 26.5 Å². The molecule has 6 heteroatoms. The van der Waals surface area contributed by atoms with Crippen LogP contribution in [0.15, 0.2) is 36.4 Å². The van der Waals surface area contributed by atoms with E-state index in [0.717, 1.165) is 11.3 Å². The molecule has 1 N–H and O–H groups in total. The maximum atomic E-state index is 13.3. The van der Waals surface area contributed by atoms with E-state index in [2.05, 4.69) is 50.0 Å². The summed E-state index contributed by atoms with van der Waals surface area (Å²) in [7, 11) is 0. The van der Waals surface area contributed by atoms with Gasteiger partial charge >= 0.3 is 0 Å². The number of rotatable bonds is 4. The monoisotopic (exact) mass is 382 g/mol. The van der Waals surface area contributed by atoms with Crippen molar-refractivity contribution >= 4 is 11.6 Å². The van der Waals surface area contributed by atoms with E-state index >= 15 is 0 Å². The number of aromatic nitrogens is 3. The fourth-order valence-electron chi connectivity index (χ4n) is 2.72. The van der Waals surface area contributed by atoms with Crippen molar-refractivity contribution < 1.29 is 9.18 Å². The predicted molar refractivity (Wildman–Crippen MR) is 109 cm³/mol. The Balaban J connectivity index is 2.16. The smallest absolute Gasteiger partial charge is 0.270 e. The Labute approximate surface area is 165 Å². The van der Waals surface area contributed by atoms with Crippen LogP contribution in [-0.2, 0) is 5.41 Å². The average Bonchev–Trinajstić information content (AvgIpc) is 3.05. The van der Waals surface area contributed by atoms with Crippen molar-refractivity contribution in [3.8, 4) is 11.3 Å². The van der Waals surface area contributed by atoms with Crippen LogP contribution in [0.25, 0.3) is 16.9 Å². The first-order valence-corrected chi connectivity index (χ1v) is 9.54. The number of fused-ring (bicyclic) bond motifs is 1. The van der Waals surface area contributed by atoms with Crippen molar-refractivity contribution in [2.45, 2.75) is 53.0 Å². The zero-order valence-electron chi connectivity index (χ0n) is 17.2. The molecular formula is C22H27FN4O. The summed E-state index contributed by atoms with van der Waals surface area (Å²) in [5.41, 5.74) is 3.02. The first kappa shape index (κ1) is 20.0. The lowest BCUT2D eigenvalue weighted by Crippen LogP contribution is -2.37. The van der Waals surface area contributed by atoms with Crippen molar-refractivity contribution in [1.82, 2.24) is 19.9 Å². The van der Waals surface area contributed by atoms with Crippen LogP contribution in [0.4, 0.5) is 4.39 Å². The number of amides is 1. The maximum Gasteiger partial charge on any atom is 0.270 e. The van der Waals surface area contributed by atoms with Gasteiger partial charge in [-0.25, -0.2) is 13.9 Å². The van der Waals surface area contributed by atoms with Crippen LogP contribution in [0.1, 0.15) is 57.7 Å². The average molecular weight is 382 g/mol. The number of nitrogens with one attached hydrogen (secondary N) is 1. The lowest BCUT2D eigenvalue weighted by Gasteiger charge is -2.18. The van der Waals surface area contributed by atoms with Gasteiger partial charge < -0.3 is 5.32 Å². The summed E-state index contributed by atoms with van der Waals surface area (Å²) in [5, 5.41) is 7.68. The highest BCUT2D eigenvalue weighted by molar-refractivity contribution is 5.94. The largest absolute Gasteiger partial charge is 0.348 e. The molecule has 148 valence electrons. The molecule has 1 unspecified atom stereocenters. The minimum atomic E-state index is -0.312. The van der Waals surface area contributed by atoms with E-state index in [4.69, 9.17) is 0 Å². The Bertz CT molecular complexity index is 1000. The number of halogens is 1. The Morgan fingerprint density at radius 1 is 1.11 bits per heavy atom. The first-order chi connectivity index (χ1) is 13.1. The van der Waals surface area contributed by atoms with Crippen LogP contribution in [0.2, 0.25) is 0 Å². The van der Waals surface area contributed by atoms with Crippen molar-refractivity contribution in [2.24, 2.45) is 5.92 Å². The van der Waals surface area contributed by atoms with Gasteiger partial charge in [0.1, 0.15) is 11.5 Å². The van der Waals surface area contributed by atoms with E-state index in [1.54, 1.807) is 22.7 Å². The molecule has 5 nitrogen and oxygen atoms in total. The van der Waals surface area contributed by atoms with Crippen molar-refractivity contribution in [3.63, 3.8) is 0 Å². The zero-order valence-corrected chi connectivity index (χ0v) is 17.2. The Hall–Kier alpha value is -2.76. The van der Waals surface area contributed by atoms with E-state index in [1.807, 2.05) is 13.0 Å². The molecule has 0 saturated heterocycles. The van der Waals surface area contributed by atoms with Gasteiger partial charge in [-0.15, -0.1) is 0 Å². The van der Waals surface area contributed by atoms with Gasteiger partial charge in [-0.3, -0.25) is 4.79 Å². The van der Waals surface area contributed by atoms with Gasteiger partial charge in [0.15, 0.2) is 5.65 Å². The highest BCUT2D eigenvalue weighted by atomic mass is 19.1. The van der Waals surface area contributed by atoms with Crippen molar-refractivity contribution in [2.75, 3.05) is 0 Å². The second kappa shape index (κ2) is 7.34. The van der Waals surface area contributed by atoms with Crippen LogP contribution in [0.5, 0.6) is 0 Å². The second-order valence-corrected chi connectivity index (χ2v) is 8.59. The summed E-state index contributed by atoms with van der Waals surface area (Å²) in [6.07, 6.45) is 0. The zero-order chi connectivity index (χ0) is 20.6. The maximum absolute atomic E-state index is 13.3. The summed E-state index contributed by atoms with van der Waals surface area (Å²) in [6.45, 7) is 12.3. The molecule has 3 rings (SSSR count). The van der Waals surface area contributed by atoms with Crippen molar-refractivity contribution in [1.29, 1.82) is 0 Å². The summed E-state index contributed by atoms with van der Waals surface area (Å²) in [6, 6.07) is 9.72. The minimum Gasteiger partial charge on any atom is -0.348 e. The normalized spacial score (nSPS) is 13.1. The molecule has 0 aliphatic carbocycles. The highest BCUT2D eigenvalue weighted by Gasteiger charge is 2.23. The fraction of sp³-hybridized carbons (Fsp3) is 0.409. The van der Waals surface area contributed by atoms with E-state index < -0.39 is 0 Å². The van der Waals surface area contributed by atoms with E-state index in [-0.39, 0.29) is 23.2 Å². The number of nitrogens with zero attached hydrogens (tertiary/aromatic N) is 3. The van der Waals surface area contributed by atoms with Gasteiger partial charge in [-0.2, -0.15) is 5.10 Å². The molecule has 28 heavy (non-hydrogen) atoms. The molecule has 0 radical (unpaired) electrons. The molecule has 0 spiro atoms. The molecule has 0 saturated carbocycles. The second-order valence-electron chi connectivity index (χ2n) is 8.59. The molecule has 0 fully saturated rings. The van der Waals surface area contributed by atoms with E-state index in [1.165, 1.54) is 12.1 Å². The molecule has 1 atom stereocenters. The number of hydrogen-bond acceptors (Lipinski definition) is 3. The Morgan fingerprint density at radius 3 is 2.32 bits per heavy atom. The third kappa shape index (κ3) is 4.06. The fourth-order valence-corrected chi connectivity index (χ4v) is 2.72. The number of benzene rings is 1. The number of carbonyl (C=O) groups excluding carboxylic acids is 1.